The van der Waals surface area contributed by atoms with Crippen molar-refractivity contribution in [2.24, 2.45) is 11.7 Å². The number of nitrogens with two attached hydrogens (primary N) is 1. The zero-order valence-corrected chi connectivity index (χ0v) is 11.5. The molecule has 1 aromatic rings. The Bertz CT molecular complexity index is 314. The van der Waals surface area contributed by atoms with E-state index in [0.717, 1.165) is 6.54 Å². The van der Waals surface area contributed by atoms with Crippen LogP contribution in [0.1, 0.15) is 50.8 Å². The first-order chi connectivity index (χ1) is 8.04. The van der Waals surface area contributed by atoms with Gasteiger partial charge in [-0.2, -0.15) is 0 Å². The van der Waals surface area contributed by atoms with Crippen LogP contribution in [0.2, 0.25) is 0 Å². The molecule has 0 fully saturated rings. The van der Waals surface area contributed by atoms with Crippen LogP contribution in [0.5, 0.6) is 0 Å². The second kappa shape index (κ2) is 6.77. The average Bonchev–Trinajstić information content (AvgIpc) is 2.30. The van der Waals surface area contributed by atoms with Crippen LogP contribution < -0.4 is 11.1 Å². The monoisotopic (exact) mass is 234 g/mol. The predicted molar refractivity (Wildman–Crippen MR) is 75.2 cm³/mol. The fourth-order valence-corrected chi connectivity index (χ4v) is 1.83. The molecule has 0 radical (unpaired) electrons. The summed E-state index contributed by atoms with van der Waals surface area (Å²) >= 11 is 0. The minimum absolute atomic E-state index is 0.276. The number of rotatable bonds is 6. The third-order valence-corrected chi connectivity index (χ3v) is 3.01. The Balaban J connectivity index is 2.68. The molecule has 96 valence electrons. The Morgan fingerprint density at radius 1 is 1.00 bits per heavy atom. The molecule has 0 aliphatic heterocycles. The maximum absolute atomic E-state index is 5.83. The van der Waals surface area contributed by atoms with E-state index in [-0.39, 0.29) is 6.04 Å². The van der Waals surface area contributed by atoms with Gasteiger partial charge in [0.05, 0.1) is 0 Å². The lowest BCUT2D eigenvalue weighted by atomic mass is 9.99. The van der Waals surface area contributed by atoms with E-state index in [1.54, 1.807) is 0 Å². The van der Waals surface area contributed by atoms with Gasteiger partial charge < -0.3 is 11.1 Å². The smallest absolute Gasteiger partial charge is 0.0444 e. The lowest BCUT2D eigenvalue weighted by molar-refractivity contribution is 0.479. The van der Waals surface area contributed by atoms with Gasteiger partial charge in [-0.15, -0.1) is 0 Å². The first kappa shape index (κ1) is 14.2. The van der Waals surface area contributed by atoms with Crippen LogP contribution in [0.25, 0.3) is 0 Å². The van der Waals surface area contributed by atoms with E-state index in [0.29, 0.717) is 18.4 Å². The van der Waals surface area contributed by atoms with Gasteiger partial charge in [-0.3, -0.25) is 0 Å². The molecule has 2 nitrogen and oxygen atoms in total. The largest absolute Gasteiger partial charge is 0.329 e. The number of benzene rings is 1. The van der Waals surface area contributed by atoms with Crippen molar-refractivity contribution in [2.45, 2.75) is 39.7 Å². The molecule has 1 aromatic carbocycles. The van der Waals surface area contributed by atoms with Crippen LogP contribution >= 0.6 is 0 Å². The van der Waals surface area contributed by atoms with Crippen LogP contribution in [0.15, 0.2) is 24.3 Å². The molecule has 1 rings (SSSR count). The fourth-order valence-electron chi connectivity index (χ4n) is 1.83. The first-order valence-corrected chi connectivity index (χ1v) is 6.58. The summed E-state index contributed by atoms with van der Waals surface area (Å²) in [5.74, 6) is 1.24. The molecule has 3 N–H and O–H groups in total. The maximum atomic E-state index is 5.83. The van der Waals surface area contributed by atoms with E-state index in [2.05, 4.69) is 57.3 Å². The van der Waals surface area contributed by atoms with Crippen molar-refractivity contribution in [1.82, 2.24) is 5.32 Å². The summed E-state index contributed by atoms with van der Waals surface area (Å²) in [6.45, 7) is 10.5. The van der Waals surface area contributed by atoms with Crippen LogP contribution in [-0.4, -0.2) is 13.1 Å². The SMILES string of the molecule is CC(C)CNC(CN)c1ccc(C(C)C)cc1. The predicted octanol–water partition coefficient (Wildman–Crippen LogP) is 3.06. The summed E-state index contributed by atoms with van der Waals surface area (Å²) in [6, 6.07) is 9.08. The summed E-state index contributed by atoms with van der Waals surface area (Å²) in [4.78, 5) is 0. The Kier molecular flexibility index (Phi) is 5.66. The highest BCUT2D eigenvalue weighted by Crippen LogP contribution is 2.18. The van der Waals surface area contributed by atoms with E-state index >= 15 is 0 Å². The first-order valence-electron chi connectivity index (χ1n) is 6.58. The third kappa shape index (κ3) is 4.49. The van der Waals surface area contributed by atoms with Gasteiger partial charge in [0.2, 0.25) is 0 Å². The molecule has 0 aromatic heterocycles. The van der Waals surface area contributed by atoms with Crippen LogP contribution in [0.3, 0.4) is 0 Å². The average molecular weight is 234 g/mol. The van der Waals surface area contributed by atoms with Gasteiger partial charge in [-0.25, -0.2) is 0 Å². The molecule has 0 aliphatic carbocycles. The molecular weight excluding hydrogens is 208 g/mol. The van der Waals surface area contributed by atoms with Crippen LogP contribution in [0, 0.1) is 5.92 Å². The summed E-state index contributed by atoms with van der Waals surface area (Å²) in [6.07, 6.45) is 0. The Morgan fingerprint density at radius 2 is 1.53 bits per heavy atom. The maximum Gasteiger partial charge on any atom is 0.0444 e. The van der Waals surface area contributed by atoms with E-state index < -0.39 is 0 Å². The van der Waals surface area contributed by atoms with E-state index in [9.17, 15) is 0 Å². The van der Waals surface area contributed by atoms with Gasteiger partial charge in [0.1, 0.15) is 0 Å². The van der Waals surface area contributed by atoms with E-state index in [1.807, 2.05) is 0 Å². The van der Waals surface area contributed by atoms with Crippen molar-refractivity contribution in [3.8, 4) is 0 Å². The molecule has 0 saturated heterocycles. The van der Waals surface area contributed by atoms with Gasteiger partial charge in [-0.1, -0.05) is 52.0 Å². The molecule has 1 atom stereocenters. The van der Waals surface area contributed by atoms with Gasteiger partial charge in [0, 0.05) is 12.6 Å². The zero-order chi connectivity index (χ0) is 12.8. The highest BCUT2D eigenvalue weighted by Gasteiger charge is 2.09. The standard InChI is InChI=1S/C15H26N2/c1-11(2)10-17-15(9-16)14-7-5-13(6-8-14)12(3)4/h5-8,11-12,15,17H,9-10,16H2,1-4H3. The van der Waals surface area contributed by atoms with E-state index in [4.69, 9.17) is 5.73 Å². The molecule has 1 unspecified atom stereocenters. The molecule has 0 saturated carbocycles. The summed E-state index contributed by atoms with van der Waals surface area (Å²) in [7, 11) is 0. The van der Waals surface area contributed by atoms with Crippen molar-refractivity contribution in [3.63, 3.8) is 0 Å². The van der Waals surface area contributed by atoms with Crippen LogP contribution in [-0.2, 0) is 0 Å². The highest BCUT2D eigenvalue weighted by atomic mass is 14.9. The molecule has 0 aliphatic rings. The van der Waals surface area contributed by atoms with Gasteiger partial charge >= 0.3 is 0 Å². The van der Waals surface area contributed by atoms with Gasteiger partial charge in [0.25, 0.3) is 0 Å². The molecule has 0 amide bonds. The molecule has 0 heterocycles. The van der Waals surface area contributed by atoms with Gasteiger partial charge in [0.15, 0.2) is 0 Å². The van der Waals surface area contributed by atoms with E-state index in [1.165, 1.54) is 11.1 Å². The zero-order valence-electron chi connectivity index (χ0n) is 11.5. The second-order valence-electron chi connectivity index (χ2n) is 5.41. The number of hydrogen-bond donors (Lipinski definition) is 2. The minimum atomic E-state index is 0.276. The number of hydrogen-bond acceptors (Lipinski definition) is 2. The van der Waals surface area contributed by atoms with Crippen molar-refractivity contribution < 1.29 is 0 Å². The molecule has 2 heteroatoms. The molecule has 0 bridgehead atoms. The molecule has 0 spiro atoms. The Hall–Kier alpha value is -0.860. The van der Waals surface area contributed by atoms with Crippen molar-refractivity contribution in [3.05, 3.63) is 35.4 Å². The van der Waals surface area contributed by atoms with Crippen LogP contribution in [0.4, 0.5) is 0 Å². The Morgan fingerprint density at radius 3 is 1.94 bits per heavy atom. The summed E-state index contributed by atoms with van der Waals surface area (Å²) in [5, 5.41) is 3.51. The lowest BCUT2D eigenvalue weighted by Crippen LogP contribution is -2.30. The van der Waals surface area contributed by atoms with Crippen molar-refractivity contribution >= 4 is 0 Å². The third-order valence-electron chi connectivity index (χ3n) is 3.01. The lowest BCUT2D eigenvalue weighted by Gasteiger charge is -2.19. The quantitative estimate of drug-likeness (QED) is 0.794. The summed E-state index contributed by atoms with van der Waals surface area (Å²) in [5.41, 5.74) is 8.50. The minimum Gasteiger partial charge on any atom is -0.329 e. The topological polar surface area (TPSA) is 38.0 Å². The molecule has 17 heavy (non-hydrogen) atoms. The number of nitrogens with one attached hydrogen (secondary N) is 1. The van der Waals surface area contributed by atoms with Gasteiger partial charge in [-0.05, 0) is 29.5 Å². The Labute approximate surface area is 106 Å². The fraction of sp³-hybridized carbons (Fsp3) is 0.600. The highest BCUT2D eigenvalue weighted by molar-refractivity contribution is 5.27. The summed E-state index contributed by atoms with van der Waals surface area (Å²) < 4.78 is 0. The van der Waals surface area contributed by atoms with Crippen molar-refractivity contribution in [2.75, 3.05) is 13.1 Å². The molecular formula is C15H26N2. The second-order valence-corrected chi connectivity index (χ2v) is 5.41. The van der Waals surface area contributed by atoms with Crippen molar-refractivity contribution in [1.29, 1.82) is 0 Å². The normalized spacial score (nSPS) is 13.4.